The van der Waals surface area contributed by atoms with Gasteiger partial charge in [-0.15, -0.1) is 0 Å². The highest BCUT2D eigenvalue weighted by atomic mass is 16.3. The number of nitrogens with two attached hydrogens (primary N) is 1. The van der Waals surface area contributed by atoms with Crippen LogP contribution >= 0.6 is 0 Å². The van der Waals surface area contributed by atoms with Crippen LogP contribution in [0.15, 0.2) is 6.07 Å². The minimum atomic E-state index is -0.621. The zero-order valence-electron chi connectivity index (χ0n) is 11.8. The van der Waals surface area contributed by atoms with Crippen LogP contribution in [0.3, 0.4) is 0 Å². The molecular weight excluding hydrogens is 240 g/mol. The van der Waals surface area contributed by atoms with Crippen molar-refractivity contribution in [3.05, 3.63) is 11.9 Å². The van der Waals surface area contributed by atoms with E-state index in [1.165, 1.54) is 6.42 Å². The van der Waals surface area contributed by atoms with Gasteiger partial charge in [0.25, 0.3) is 0 Å². The monoisotopic (exact) mass is 264 g/mol. The van der Waals surface area contributed by atoms with Crippen LogP contribution in [-0.4, -0.2) is 27.2 Å². The molecule has 2 rings (SSSR count). The van der Waals surface area contributed by atoms with Gasteiger partial charge in [-0.3, -0.25) is 0 Å². The van der Waals surface area contributed by atoms with Gasteiger partial charge in [0.15, 0.2) is 0 Å². The lowest BCUT2D eigenvalue weighted by Gasteiger charge is -2.35. The van der Waals surface area contributed by atoms with Crippen molar-refractivity contribution in [2.45, 2.75) is 51.6 Å². The number of nitrogens with zero attached hydrogens (tertiary/aromatic N) is 2. The van der Waals surface area contributed by atoms with Crippen LogP contribution in [0.2, 0.25) is 0 Å². The molecule has 0 amide bonds. The van der Waals surface area contributed by atoms with E-state index in [4.69, 9.17) is 5.73 Å². The zero-order chi connectivity index (χ0) is 13.9. The third kappa shape index (κ3) is 3.80. The van der Waals surface area contributed by atoms with Gasteiger partial charge in [0.05, 0.1) is 5.60 Å². The summed E-state index contributed by atoms with van der Waals surface area (Å²) in [5.74, 6) is 2.49. The molecule has 1 aromatic rings. The number of aromatic nitrogens is 2. The molecule has 0 aromatic carbocycles. The second-order valence-corrected chi connectivity index (χ2v) is 5.73. The summed E-state index contributed by atoms with van der Waals surface area (Å²) in [6, 6.07) is 1.72. The molecule has 2 unspecified atom stereocenters. The fourth-order valence-electron chi connectivity index (χ4n) is 2.81. The average molecular weight is 264 g/mol. The van der Waals surface area contributed by atoms with Crippen LogP contribution in [0.4, 0.5) is 11.6 Å². The first kappa shape index (κ1) is 14.1. The molecule has 0 bridgehead atoms. The lowest BCUT2D eigenvalue weighted by molar-refractivity contribution is -0.000831. The van der Waals surface area contributed by atoms with Gasteiger partial charge in [-0.1, -0.05) is 26.7 Å². The average Bonchev–Trinajstić information content (AvgIpc) is 2.35. The molecule has 1 fully saturated rings. The van der Waals surface area contributed by atoms with E-state index in [9.17, 15) is 5.11 Å². The molecule has 19 heavy (non-hydrogen) atoms. The summed E-state index contributed by atoms with van der Waals surface area (Å²) < 4.78 is 0. The van der Waals surface area contributed by atoms with E-state index in [0.29, 0.717) is 24.1 Å². The van der Waals surface area contributed by atoms with Gasteiger partial charge in [0.2, 0.25) is 0 Å². The molecule has 5 nitrogen and oxygen atoms in total. The fourth-order valence-corrected chi connectivity index (χ4v) is 2.81. The molecule has 4 N–H and O–H groups in total. The van der Waals surface area contributed by atoms with Crippen LogP contribution in [0.1, 0.15) is 45.4 Å². The highest BCUT2D eigenvalue weighted by Crippen LogP contribution is 2.32. The number of hydrogen-bond acceptors (Lipinski definition) is 5. The first-order valence-corrected chi connectivity index (χ1v) is 7.10. The summed E-state index contributed by atoms with van der Waals surface area (Å²) in [6.45, 7) is 4.72. The van der Waals surface area contributed by atoms with Crippen molar-refractivity contribution in [3.63, 3.8) is 0 Å². The predicted molar refractivity (Wildman–Crippen MR) is 76.9 cm³/mol. The van der Waals surface area contributed by atoms with Gasteiger partial charge in [-0.2, -0.15) is 0 Å². The van der Waals surface area contributed by atoms with Gasteiger partial charge in [-0.25, -0.2) is 9.97 Å². The van der Waals surface area contributed by atoms with Gasteiger partial charge >= 0.3 is 0 Å². The smallest absolute Gasteiger partial charge is 0.132 e. The summed E-state index contributed by atoms with van der Waals surface area (Å²) in [4.78, 5) is 8.51. The van der Waals surface area contributed by atoms with E-state index in [-0.39, 0.29) is 0 Å². The van der Waals surface area contributed by atoms with Crippen molar-refractivity contribution in [2.75, 3.05) is 17.6 Å². The Hall–Kier alpha value is -1.36. The third-order valence-electron chi connectivity index (χ3n) is 3.77. The first-order valence-electron chi connectivity index (χ1n) is 7.10. The first-order chi connectivity index (χ1) is 9.00. The number of nitrogen functional groups attached to an aromatic ring is 1. The molecule has 1 heterocycles. The topological polar surface area (TPSA) is 84.1 Å². The Morgan fingerprint density at radius 2 is 2.32 bits per heavy atom. The van der Waals surface area contributed by atoms with Crippen molar-refractivity contribution in [1.82, 2.24) is 9.97 Å². The number of hydrogen-bond donors (Lipinski definition) is 3. The molecule has 0 spiro atoms. The van der Waals surface area contributed by atoms with Crippen molar-refractivity contribution < 1.29 is 5.11 Å². The van der Waals surface area contributed by atoms with E-state index in [2.05, 4.69) is 22.2 Å². The van der Waals surface area contributed by atoms with E-state index in [1.54, 1.807) is 6.07 Å². The molecule has 0 radical (unpaired) electrons. The van der Waals surface area contributed by atoms with E-state index in [0.717, 1.165) is 31.5 Å². The van der Waals surface area contributed by atoms with Gasteiger partial charge in [0.1, 0.15) is 17.5 Å². The Morgan fingerprint density at radius 3 is 3.00 bits per heavy atom. The van der Waals surface area contributed by atoms with E-state index >= 15 is 0 Å². The molecule has 106 valence electrons. The second-order valence-electron chi connectivity index (χ2n) is 5.73. The summed E-state index contributed by atoms with van der Waals surface area (Å²) >= 11 is 0. The quantitative estimate of drug-likeness (QED) is 0.774. The molecule has 1 aliphatic rings. The lowest BCUT2D eigenvalue weighted by atomic mass is 9.79. The summed E-state index contributed by atoms with van der Waals surface area (Å²) in [5, 5.41) is 13.8. The normalized spacial score (nSPS) is 27.2. The molecule has 0 aliphatic heterocycles. The second kappa shape index (κ2) is 5.74. The Morgan fingerprint density at radius 1 is 1.53 bits per heavy atom. The molecular formula is C14H24N4O. The zero-order valence-corrected chi connectivity index (χ0v) is 11.8. The van der Waals surface area contributed by atoms with Crippen molar-refractivity contribution in [1.29, 1.82) is 0 Å². The summed E-state index contributed by atoms with van der Waals surface area (Å²) in [7, 11) is 0. The largest absolute Gasteiger partial charge is 0.388 e. The lowest BCUT2D eigenvalue weighted by Crippen LogP contribution is -2.41. The molecule has 1 aliphatic carbocycles. The predicted octanol–water partition coefficient (Wildman–Crippen LogP) is 1.97. The van der Waals surface area contributed by atoms with Crippen LogP contribution in [0, 0.1) is 5.92 Å². The highest BCUT2D eigenvalue weighted by Gasteiger charge is 2.32. The Kier molecular flexibility index (Phi) is 4.24. The van der Waals surface area contributed by atoms with Gasteiger partial charge in [0, 0.05) is 19.0 Å². The molecule has 1 saturated carbocycles. The Labute approximate surface area is 114 Å². The number of rotatable bonds is 4. The highest BCUT2D eigenvalue weighted by molar-refractivity contribution is 5.44. The van der Waals surface area contributed by atoms with Crippen LogP contribution in [0.25, 0.3) is 0 Å². The maximum atomic E-state index is 10.6. The van der Waals surface area contributed by atoms with E-state index in [1.807, 2.05) is 6.92 Å². The van der Waals surface area contributed by atoms with Crippen molar-refractivity contribution >= 4 is 11.6 Å². The Balaban J connectivity index is 1.99. The third-order valence-corrected chi connectivity index (χ3v) is 3.77. The maximum absolute atomic E-state index is 10.6. The van der Waals surface area contributed by atoms with Crippen LogP contribution in [-0.2, 0) is 6.42 Å². The van der Waals surface area contributed by atoms with Crippen molar-refractivity contribution in [3.8, 4) is 0 Å². The number of nitrogens with one attached hydrogen (secondary N) is 1. The standard InChI is InChI=1S/C14H24N4O/c1-3-12-17-11(15)7-13(18-12)16-9-14(19)6-4-5-10(2)8-14/h7,10,19H,3-6,8-9H2,1-2H3,(H3,15,16,17,18). The van der Waals surface area contributed by atoms with Crippen LogP contribution in [0.5, 0.6) is 0 Å². The number of aliphatic hydroxyl groups is 1. The fraction of sp³-hybridized carbons (Fsp3) is 0.714. The maximum Gasteiger partial charge on any atom is 0.132 e. The summed E-state index contributed by atoms with van der Waals surface area (Å²) in [6.07, 6.45) is 4.75. The minimum absolute atomic E-state index is 0.471. The molecule has 5 heteroatoms. The van der Waals surface area contributed by atoms with Gasteiger partial charge in [-0.05, 0) is 18.8 Å². The number of anilines is 2. The SMILES string of the molecule is CCc1nc(N)cc(NCC2(O)CCCC(C)C2)n1. The summed E-state index contributed by atoms with van der Waals surface area (Å²) in [5.41, 5.74) is 5.12. The van der Waals surface area contributed by atoms with Gasteiger partial charge < -0.3 is 16.2 Å². The molecule has 2 atom stereocenters. The van der Waals surface area contributed by atoms with Crippen molar-refractivity contribution in [2.24, 2.45) is 5.92 Å². The molecule has 0 saturated heterocycles. The van der Waals surface area contributed by atoms with E-state index < -0.39 is 5.60 Å². The Bertz CT molecular complexity index is 437. The molecule has 1 aromatic heterocycles. The number of aryl methyl sites for hydroxylation is 1. The minimum Gasteiger partial charge on any atom is -0.388 e. The van der Waals surface area contributed by atoms with Crippen LogP contribution < -0.4 is 11.1 Å².